The summed E-state index contributed by atoms with van der Waals surface area (Å²) < 4.78 is 47.6. The maximum absolute atomic E-state index is 12.8. The van der Waals surface area contributed by atoms with Crippen molar-refractivity contribution in [3.05, 3.63) is 0 Å². The number of rotatable bonds is 19. The summed E-state index contributed by atoms with van der Waals surface area (Å²) in [6, 6.07) is 0. The van der Waals surface area contributed by atoms with E-state index in [1.807, 2.05) is 0 Å². The molecule has 10 nitrogen and oxygen atoms in total. The lowest BCUT2D eigenvalue weighted by Crippen LogP contribution is -2.51. The smallest absolute Gasteiger partial charge is 0.393 e. The number of carbonyl (C=O) groups excluding carboxylic acids is 2. The standard InChI is InChI=1S/C20H36O10S/c1-4-7-8-9-10-11-12-13-14-17(21)20(28-5-2,29-6-3)30-19(24)16(15-18(22)23)31(25,26)27/h16H,4-15H2,1-3H3,(H,22,23)(H,25,26,27). The van der Waals surface area contributed by atoms with Crippen molar-refractivity contribution in [3.8, 4) is 0 Å². The highest BCUT2D eigenvalue weighted by molar-refractivity contribution is 7.87. The molecule has 0 fully saturated rings. The fourth-order valence-electron chi connectivity index (χ4n) is 2.94. The Balaban J connectivity index is 5.17. The van der Waals surface area contributed by atoms with Gasteiger partial charge >= 0.3 is 17.9 Å². The van der Waals surface area contributed by atoms with Crippen molar-refractivity contribution in [1.82, 2.24) is 0 Å². The van der Waals surface area contributed by atoms with Crippen LogP contribution in [-0.2, 0) is 38.7 Å². The molecule has 0 heterocycles. The molecule has 0 radical (unpaired) electrons. The molecule has 0 aliphatic heterocycles. The van der Waals surface area contributed by atoms with Crippen molar-refractivity contribution in [3.63, 3.8) is 0 Å². The molecule has 0 aliphatic carbocycles. The summed E-state index contributed by atoms with van der Waals surface area (Å²) in [5, 5.41) is 6.42. The Morgan fingerprint density at radius 1 is 0.871 bits per heavy atom. The number of carboxylic acids is 1. The van der Waals surface area contributed by atoms with Crippen LogP contribution in [0.25, 0.3) is 0 Å². The number of Topliss-reactive ketones (excluding diaryl/α,β-unsaturated/α-hetero) is 1. The van der Waals surface area contributed by atoms with Gasteiger partial charge in [0.15, 0.2) is 5.25 Å². The summed E-state index contributed by atoms with van der Waals surface area (Å²) >= 11 is 0. The minimum Gasteiger partial charge on any atom is -0.481 e. The lowest BCUT2D eigenvalue weighted by molar-refractivity contribution is -0.335. The van der Waals surface area contributed by atoms with E-state index >= 15 is 0 Å². The van der Waals surface area contributed by atoms with Gasteiger partial charge in [0, 0.05) is 6.42 Å². The SMILES string of the molecule is CCCCCCCCCCC(=O)C(OCC)(OCC)OC(=O)C(CC(=O)O)S(=O)(=O)O. The predicted molar refractivity (Wildman–Crippen MR) is 112 cm³/mol. The fourth-order valence-corrected chi connectivity index (χ4v) is 3.58. The lowest BCUT2D eigenvalue weighted by atomic mass is 10.1. The highest BCUT2D eigenvalue weighted by Crippen LogP contribution is 2.24. The van der Waals surface area contributed by atoms with Crippen molar-refractivity contribution in [2.45, 2.75) is 96.2 Å². The van der Waals surface area contributed by atoms with Gasteiger partial charge in [-0.3, -0.25) is 18.9 Å². The van der Waals surface area contributed by atoms with Gasteiger partial charge in [-0.05, 0) is 20.3 Å². The monoisotopic (exact) mass is 468 g/mol. The normalized spacial score (nSPS) is 13.0. The van der Waals surface area contributed by atoms with Gasteiger partial charge in [-0.25, -0.2) is 0 Å². The second kappa shape index (κ2) is 15.3. The van der Waals surface area contributed by atoms with E-state index in [1.165, 1.54) is 26.7 Å². The van der Waals surface area contributed by atoms with E-state index in [4.69, 9.17) is 19.3 Å². The van der Waals surface area contributed by atoms with Crippen LogP contribution in [0.3, 0.4) is 0 Å². The van der Waals surface area contributed by atoms with E-state index in [0.29, 0.717) is 6.42 Å². The van der Waals surface area contributed by atoms with Crippen molar-refractivity contribution in [1.29, 1.82) is 0 Å². The Hall–Kier alpha value is -1.56. The first-order chi connectivity index (χ1) is 14.5. The van der Waals surface area contributed by atoms with Crippen LogP contribution in [0.1, 0.15) is 85.0 Å². The number of esters is 1. The maximum Gasteiger partial charge on any atom is 0.393 e. The van der Waals surface area contributed by atoms with Crippen LogP contribution in [0.15, 0.2) is 0 Å². The number of carboxylic acid groups (broad SMARTS) is 1. The first-order valence-corrected chi connectivity index (χ1v) is 12.3. The molecule has 31 heavy (non-hydrogen) atoms. The molecule has 0 aliphatic rings. The average Bonchev–Trinajstić information content (AvgIpc) is 2.67. The Morgan fingerprint density at radius 2 is 1.35 bits per heavy atom. The molecule has 11 heteroatoms. The molecule has 0 spiro atoms. The van der Waals surface area contributed by atoms with Crippen molar-refractivity contribution in [2.75, 3.05) is 13.2 Å². The van der Waals surface area contributed by atoms with Gasteiger partial charge in [-0.15, -0.1) is 0 Å². The number of hydrogen-bond acceptors (Lipinski definition) is 8. The molecule has 0 saturated carbocycles. The van der Waals surface area contributed by atoms with Gasteiger partial charge in [0.25, 0.3) is 10.1 Å². The molecule has 0 aromatic carbocycles. The van der Waals surface area contributed by atoms with Gasteiger partial charge in [-0.2, -0.15) is 8.42 Å². The van der Waals surface area contributed by atoms with Gasteiger partial charge in [0.1, 0.15) is 0 Å². The largest absolute Gasteiger partial charge is 0.481 e. The molecule has 1 unspecified atom stereocenters. The molecule has 182 valence electrons. The minimum absolute atomic E-state index is 0.0439. The zero-order valence-corrected chi connectivity index (χ0v) is 19.4. The van der Waals surface area contributed by atoms with Crippen LogP contribution >= 0.6 is 0 Å². The van der Waals surface area contributed by atoms with Gasteiger partial charge in [0.05, 0.1) is 19.6 Å². The first kappa shape index (κ1) is 29.4. The zero-order chi connectivity index (χ0) is 23.9. The zero-order valence-electron chi connectivity index (χ0n) is 18.6. The molecule has 0 bridgehead atoms. The van der Waals surface area contributed by atoms with Crippen molar-refractivity contribution < 1.29 is 46.7 Å². The van der Waals surface area contributed by atoms with Crippen LogP contribution in [0.4, 0.5) is 0 Å². The van der Waals surface area contributed by atoms with Crippen LogP contribution in [0, 0.1) is 0 Å². The summed E-state index contributed by atoms with van der Waals surface area (Å²) in [5.74, 6) is -6.51. The van der Waals surface area contributed by atoms with E-state index in [1.54, 1.807) is 0 Å². The molecular formula is C20H36O10S. The summed E-state index contributed by atoms with van der Waals surface area (Å²) in [7, 11) is -5.10. The van der Waals surface area contributed by atoms with Crippen LogP contribution in [0.5, 0.6) is 0 Å². The molecule has 2 N–H and O–H groups in total. The number of aliphatic carboxylic acids is 1. The highest BCUT2D eigenvalue weighted by Gasteiger charge is 2.48. The number of carbonyl (C=O) groups is 3. The quantitative estimate of drug-likeness (QED) is 0.125. The first-order valence-electron chi connectivity index (χ1n) is 10.8. The fraction of sp³-hybridized carbons (Fsp3) is 0.850. The summed E-state index contributed by atoms with van der Waals surface area (Å²) in [6.45, 7) is 4.96. The second-order valence-electron chi connectivity index (χ2n) is 7.09. The number of ether oxygens (including phenoxy) is 3. The Morgan fingerprint density at radius 3 is 1.77 bits per heavy atom. The van der Waals surface area contributed by atoms with E-state index in [0.717, 1.165) is 32.1 Å². The lowest BCUT2D eigenvalue weighted by Gasteiger charge is -2.31. The maximum atomic E-state index is 12.8. The number of ketones is 1. The van der Waals surface area contributed by atoms with E-state index in [2.05, 4.69) is 6.92 Å². The molecule has 0 rings (SSSR count). The molecular weight excluding hydrogens is 432 g/mol. The van der Waals surface area contributed by atoms with Gasteiger partial charge < -0.3 is 19.3 Å². The van der Waals surface area contributed by atoms with E-state index < -0.39 is 45.5 Å². The third-order valence-corrected chi connectivity index (χ3v) is 5.56. The van der Waals surface area contributed by atoms with Crippen molar-refractivity contribution in [2.24, 2.45) is 0 Å². The molecule has 0 aromatic heterocycles. The summed E-state index contributed by atoms with van der Waals surface area (Å²) in [5.41, 5.74) is 0. The van der Waals surface area contributed by atoms with E-state index in [9.17, 15) is 27.4 Å². The third kappa shape index (κ3) is 11.6. The molecule has 0 amide bonds. The Labute approximate surface area is 184 Å². The van der Waals surface area contributed by atoms with Gasteiger partial charge in [-0.1, -0.05) is 51.9 Å². The van der Waals surface area contributed by atoms with Crippen molar-refractivity contribution >= 4 is 27.8 Å². The molecule has 1 atom stereocenters. The average molecular weight is 469 g/mol. The Bertz CT molecular complexity index is 653. The summed E-state index contributed by atoms with van der Waals surface area (Å²) in [6.07, 6.45) is 6.63. The predicted octanol–water partition coefficient (Wildman–Crippen LogP) is 3.09. The Kier molecular flexibility index (Phi) is 14.5. The van der Waals surface area contributed by atoms with Crippen LogP contribution < -0.4 is 0 Å². The van der Waals surface area contributed by atoms with E-state index in [-0.39, 0.29) is 19.6 Å². The molecule has 0 aromatic rings. The summed E-state index contributed by atoms with van der Waals surface area (Å²) in [4.78, 5) is 36.0. The highest BCUT2D eigenvalue weighted by atomic mass is 32.2. The topological polar surface area (TPSA) is 154 Å². The minimum atomic E-state index is -5.10. The molecule has 0 saturated heterocycles. The van der Waals surface area contributed by atoms with Gasteiger partial charge in [0.2, 0.25) is 5.78 Å². The second-order valence-corrected chi connectivity index (χ2v) is 8.69. The number of hydrogen-bond donors (Lipinski definition) is 2. The third-order valence-electron chi connectivity index (χ3n) is 4.49. The van der Waals surface area contributed by atoms with Crippen LogP contribution in [-0.4, -0.2) is 60.2 Å². The number of unbranched alkanes of at least 4 members (excludes halogenated alkanes) is 7. The van der Waals surface area contributed by atoms with Crippen LogP contribution in [0.2, 0.25) is 0 Å².